The number of aryl methyl sites for hydroxylation is 2. The molecule has 21 heavy (non-hydrogen) atoms. The standard InChI is InChI=1S/C15H14Br2N2O2/c1-9-3-12(16)4-10(2)15(9)18-8-11-5-13(17)7-14(6-11)19(20)21/h3-7,18H,8H2,1-2H3. The van der Waals surface area contributed by atoms with E-state index in [-0.39, 0.29) is 10.6 Å². The van der Waals surface area contributed by atoms with Crippen molar-refractivity contribution in [3.05, 3.63) is 66.1 Å². The van der Waals surface area contributed by atoms with Crippen LogP contribution in [-0.2, 0) is 6.54 Å². The van der Waals surface area contributed by atoms with Crippen molar-refractivity contribution in [2.75, 3.05) is 5.32 Å². The number of nitro benzene ring substituents is 1. The Labute approximate surface area is 140 Å². The molecule has 6 heteroatoms. The molecule has 0 aliphatic heterocycles. The van der Waals surface area contributed by atoms with Gasteiger partial charge in [0.1, 0.15) is 0 Å². The maximum atomic E-state index is 10.9. The van der Waals surface area contributed by atoms with E-state index in [9.17, 15) is 10.1 Å². The molecule has 0 aliphatic carbocycles. The van der Waals surface area contributed by atoms with Crippen molar-refractivity contribution in [3.8, 4) is 0 Å². The van der Waals surface area contributed by atoms with Gasteiger partial charge in [0.2, 0.25) is 0 Å². The normalized spacial score (nSPS) is 10.5. The fourth-order valence-corrected chi connectivity index (χ4v) is 3.44. The molecule has 2 aromatic rings. The van der Waals surface area contributed by atoms with Gasteiger partial charge in [0.25, 0.3) is 5.69 Å². The number of hydrogen-bond acceptors (Lipinski definition) is 3. The average Bonchev–Trinajstić information content (AvgIpc) is 2.36. The minimum atomic E-state index is -0.385. The van der Waals surface area contributed by atoms with E-state index in [1.165, 1.54) is 6.07 Å². The first-order valence-corrected chi connectivity index (χ1v) is 7.90. The van der Waals surface area contributed by atoms with Crippen molar-refractivity contribution in [2.45, 2.75) is 20.4 Å². The fraction of sp³-hybridized carbons (Fsp3) is 0.200. The summed E-state index contributed by atoms with van der Waals surface area (Å²) in [7, 11) is 0. The smallest absolute Gasteiger partial charge is 0.270 e. The van der Waals surface area contributed by atoms with E-state index in [2.05, 4.69) is 37.2 Å². The van der Waals surface area contributed by atoms with Crippen LogP contribution in [0.2, 0.25) is 0 Å². The molecule has 0 aromatic heterocycles. The third kappa shape index (κ3) is 4.04. The molecule has 0 spiro atoms. The number of non-ortho nitro benzene ring substituents is 1. The zero-order valence-electron chi connectivity index (χ0n) is 11.6. The number of nitro groups is 1. The summed E-state index contributed by atoms with van der Waals surface area (Å²) < 4.78 is 1.75. The lowest BCUT2D eigenvalue weighted by atomic mass is 10.1. The van der Waals surface area contributed by atoms with Crippen LogP contribution in [0.1, 0.15) is 16.7 Å². The number of nitrogens with zero attached hydrogens (tertiary/aromatic N) is 1. The van der Waals surface area contributed by atoms with Crippen molar-refractivity contribution in [3.63, 3.8) is 0 Å². The molecule has 1 N–H and O–H groups in total. The number of rotatable bonds is 4. The van der Waals surface area contributed by atoms with Gasteiger partial charge >= 0.3 is 0 Å². The third-order valence-electron chi connectivity index (χ3n) is 3.12. The summed E-state index contributed by atoms with van der Waals surface area (Å²) in [5.41, 5.74) is 4.27. The largest absolute Gasteiger partial charge is 0.381 e. The SMILES string of the molecule is Cc1cc(Br)cc(C)c1NCc1cc(Br)cc([N+](=O)[O-])c1. The molecule has 2 rings (SSSR count). The van der Waals surface area contributed by atoms with E-state index in [1.54, 1.807) is 6.07 Å². The number of anilines is 1. The third-order valence-corrected chi connectivity index (χ3v) is 4.04. The van der Waals surface area contributed by atoms with Crippen molar-refractivity contribution < 1.29 is 4.92 Å². The van der Waals surface area contributed by atoms with Gasteiger partial charge < -0.3 is 5.32 Å². The highest BCUT2D eigenvalue weighted by Gasteiger charge is 2.10. The summed E-state index contributed by atoms with van der Waals surface area (Å²) in [5.74, 6) is 0. The van der Waals surface area contributed by atoms with Crippen LogP contribution in [-0.4, -0.2) is 4.92 Å². The zero-order chi connectivity index (χ0) is 15.6. The van der Waals surface area contributed by atoms with Crippen LogP contribution in [0.4, 0.5) is 11.4 Å². The second-order valence-corrected chi connectivity index (χ2v) is 6.67. The quantitative estimate of drug-likeness (QED) is 0.542. The van der Waals surface area contributed by atoms with E-state index in [4.69, 9.17) is 0 Å². The molecule has 0 fully saturated rings. The first kappa shape index (κ1) is 16.0. The van der Waals surface area contributed by atoms with E-state index in [0.717, 1.165) is 26.9 Å². The van der Waals surface area contributed by atoms with E-state index < -0.39 is 0 Å². The summed E-state index contributed by atoms with van der Waals surface area (Å²) in [6.07, 6.45) is 0. The van der Waals surface area contributed by atoms with Gasteiger partial charge in [-0.05, 0) is 48.7 Å². The predicted octanol–water partition coefficient (Wildman–Crippen LogP) is 5.35. The molecule has 0 amide bonds. The molecule has 0 saturated heterocycles. The summed E-state index contributed by atoms with van der Waals surface area (Å²) in [6.45, 7) is 4.59. The summed E-state index contributed by atoms with van der Waals surface area (Å²) >= 11 is 6.78. The Hall–Kier alpha value is -1.40. The van der Waals surface area contributed by atoms with Crippen LogP contribution >= 0.6 is 31.9 Å². The lowest BCUT2D eigenvalue weighted by Crippen LogP contribution is -2.03. The van der Waals surface area contributed by atoms with Crippen LogP contribution in [0, 0.1) is 24.0 Å². The number of halogens is 2. The predicted molar refractivity (Wildman–Crippen MR) is 91.7 cm³/mol. The number of hydrogen-bond donors (Lipinski definition) is 1. The first-order valence-electron chi connectivity index (χ1n) is 6.31. The molecular weight excluding hydrogens is 400 g/mol. The maximum Gasteiger partial charge on any atom is 0.270 e. The Kier molecular flexibility index (Phi) is 5.00. The molecule has 0 heterocycles. The number of nitrogens with one attached hydrogen (secondary N) is 1. The molecule has 0 saturated carbocycles. The fourth-order valence-electron chi connectivity index (χ4n) is 2.22. The van der Waals surface area contributed by atoms with Crippen LogP contribution in [0.5, 0.6) is 0 Å². The topological polar surface area (TPSA) is 55.2 Å². The van der Waals surface area contributed by atoms with E-state index in [1.807, 2.05) is 32.0 Å². The Balaban J connectivity index is 2.23. The average molecular weight is 414 g/mol. The van der Waals surface area contributed by atoms with Crippen molar-refractivity contribution >= 4 is 43.2 Å². The minimum Gasteiger partial charge on any atom is -0.381 e. The van der Waals surface area contributed by atoms with Gasteiger partial charge in [-0.25, -0.2) is 0 Å². The monoisotopic (exact) mass is 412 g/mol. The zero-order valence-corrected chi connectivity index (χ0v) is 14.8. The van der Waals surface area contributed by atoms with Gasteiger partial charge in [0.05, 0.1) is 4.92 Å². The van der Waals surface area contributed by atoms with Gasteiger partial charge in [0.15, 0.2) is 0 Å². The molecule has 0 atom stereocenters. The van der Waals surface area contributed by atoms with E-state index >= 15 is 0 Å². The van der Waals surface area contributed by atoms with E-state index in [0.29, 0.717) is 11.0 Å². The Bertz CT molecular complexity index is 679. The van der Waals surface area contributed by atoms with Crippen molar-refractivity contribution in [1.29, 1.82) is 0 Å². The molecule has 4 nitrogen and oxygen atoms in total. The van der Waals surface area contributed by atoms with Gasteiger partial charge in [-0.2, -0.15) is 0 Å². The Morgan fingerprint density at radius 2 is 1.62 bits per heavy atom. The highest BCUT2D eigenvalue weighted by molar-refractivity contribution is 9.10. The molecule has 0 aliphatic rings. The van der Waals surface area contributed by atoms with Gasteiger partial charge in [-0.3, -0.25) is 10.1 Å². The second-order valence-electron chi connectivity index (χ2n) is 4.84. The number of benzene rings is 2. The van der Waals surface area contributed by atoms with Gasteiger partial charge in [-0.1, -0.05) is 31.9 Å². The molecule has 110 valence electrons. The highest BCUT2D eigenvalue weighted by atomic mass is 79.9. The molecule has 0 bridgehead atoms. The van der Waals surface area contributed by atoms with Crippen LogP contribution < -0.4 is 5.32 Å². The second kappa shape index (κ2) is 6.58. The van der Waals surface area contributed by atoms with Crippen molar-refractivity contribution in [1.82, 2.24) is 0 Å². The lowest BCUT2D eigenvalue weighted by Gasteiger charge is -2.13. The van der Waals surface area contributed by atoms with Crippen molar-refractivity contribution in [2.24, 2.45) is 0 Å². The van der Waals surface area contributed by atoms with Gasteiger partial charge in [-0.15, -0.1) is 0 Å². The summed E-state index contributed by atoms with van der Waals surface area (Å²) in [6, 6.07) is 9.04. The first-order chi connectivity index (χ1) is 9.86. The van der Waals surface area contributed by atoms with Gasteiger partial charge in [0, 0.05) is 33.3 Å². The van der Waals surface area contributed by atoms with Crippen LogP contribution in [0.15, 0.2) is 39.3 Å². The molecule has 2 aromatic carbocycles. The molecular formula is C15H14Br2N2O2. The molecule has 0 unspecified atom stereocenters. The molecule has 0 radical (unpaired) electrons. The lowest BCUT2D eigenvalue weighted by molar-refractivity contribution is -0.385. The maximum absolute atomic E-state index is 10.9. The Morgan fingerprint density at radius 3 is 2.19 bits per heavy atom. The Morgan fingerprint density at radius 1 is 1.05 bits per heavy atom. The minimum absolute atomic E-state index is 0.0884. The van der Waals surface area contributed by atoms with Crippen LogP contribution in [0.3, 0.4) is 0 Å². The summed E-state index contributed by atoms with van der Waals surface area (Å²) in [4.78, 5) is 10.5. The van der Waals surface area contributed by atoms with Crippen LogP contribution in [0.25, 0.3) is 0 Å². The highest BCUT2D eigenvalue weighted by Crippen LogP contribution is 2.27. The summed E-state index contributed by atoms with van der Waals surface area (Å²) in [5, 5.41) is 14.2.